The molecule has 1 aliphatic rings. The Morgan fingerprint density at radius 3 is 2.33 bits per heavy atom. The molecule has 0 radical (unpaired) electrons. The summed E-state index contributed by atoms with van der Waals surface area (Å²) in [5, 5.41) is 4.41. The van der Waals surface area contributed by atoms with E-state index in [2.05, 4.69) is 46.4 Å². The van der Waals surface area contributed by atoms with Crippen molar-refractivity contribution < 1.29 is 9.53 Å². The molecule has 1 aromatic heterocycles. The molecular formula is C24H28N4O2. The molecule has 0 saturated carbocycles. The molecule has 30 heavy (non-hydrogen) atoms. The van der Waals surface area contributed by atoms with Gasteiger partial charge in [-0.2, -0.15) is 5.10 Å². The number of methoxy groups -OCH3 is 1. The number of benzene rings is 2. The summed E-state index contributed by atoms with van der Waals surface area (Å²) in [6.45, 7) is 7.31. The summed E-state index contributed by atoms with van der Waals surface area (Å²) >= 11 is 0. The number of aromatic nitrogens is 2. The SMILES string of the molecule is COc1ccc(-c2ccccc2N2CCN(C(=O)Cn3nc(C)cc3C)CC2)cc1. The van der Waals surface area contributed by atoms with Gasteiger partial charge in [0.05, 0.1) is 12.8 Å². The molecule has 1 aliphatic heterocycles. The summed E-state index contributed by atoms with van der Waals surface area (Å²) in [4.78, 5) is 17.1. The standard InChI is InChI=1S/C24H28N4O2/c1-18-16-19(2)28(25-18)17-24(29)27-14-12-26(13-15-27)23-7-5-4-6-22(23)20-8-10-21(30-3)11-9-20/h4-11,16H,12-15,17H2,1-3H3. The molecule has 6 nitrogen and oxygen atoms in total. The van der Waals surface area contributed by atoms with E-state index >= 15 is 0 Å². The second-order valence-corrected chi connectivity index (χ2v) is 7.70. The molecule has 1 fully saturated rings. The minimum Gasteiger partial charge on any atom is -0.497 e. The van der Waals surface area contributed by atoms with Gasteiger partial charge in [-0.05, 0) is 43.7 Å². The van der Waals surface area contributed by atoms with Crippen LogP contribution in [0.25, 0.3) is 11.1 Å². The smallest absolute Gasteiger partial charge is 0.244 e. The molecule has 0 N–H and O–H groups in total. The predicted molar refractivity (Wildman–Crippen MR) is 119 cm³/mol. The second-order valence-electron chi connectivity index (χ2n) is 7.70. The van der Waals surface area contributed by atoms with Crippen molar-refractivity contribution in [3.63, 3.8) is 0 Å². The summed E-state index contributed by atoms with van der Waals surface area (Å²) < 4.78 is 7.08. The van der Waals surface area contributed by atoms with Gasteiger partial charge in [0.15, 0.2) is 0 Å². The van der Waals surface area contributed by atoms with Crippen LogP contribution in [-0.2, 0) is 11.3 Å². The molecule has 6 heteroatoms. The van der Waals surface area contributed by atoms with E-state index in [4.69, 9.17) is 4.74 Å². The second kappa shape index (κ2) is 8.61. The first kappa shape index (κ1) is 20.0. The number of aryl methyl sites for hydroxylation is 2. The van der Waals surface area contributed by atoms with Gasteiger partial charge in [-0.1, -0.05) is 30.3 Å². The van der Waals surface area contributed by atoms with Crippen LogP contribution in [-0.4, -0.2) is 53.9 Å². The number of hydrogen-bond donors (Lipinski definition) is 0. The maximum absolute atomic E-state index is 12.8. The van der Waals surface area contributed by atoms with Crippen molar-refractivity contribution in [1.29, 1.82) is 0 Å². The highest BCUT2D eigenvalue weighted by Gasteiger charge is 2.23. The van der Waals surface area contributed by atoms with Gasteiger partial charge in [0.2, 0.25) is 5.91 Å². The van der Waals surface area contributed by atoms with E-state index in [1.165, 1.54) is 11.3 Å². The third-order valence-corrected chi connectivity index (χ3v) is 5.67. The molecule has 4 rings (SSSR count). The number of carbonyl (C=O) groups is 1. The van der Waals surface area contributed by atoms with Gasteiger partial charge in [-0.25, -0.2) is 0 Å². The number of anilines is 1. The molecular weight excluding hydrogens is 376 g/mol. The zero-order valence-corrected chi connectivity index (χ0v) is 17.8. The quantitative estimate of drug-likeness (QED) is 0.653. The molecule has 3 aromatic rings. The molecule has 1 amide bonds. The lowest BCUT2D eigenvalue weighted by Crippen LogP contribution is -2.49. The highest BCUT2D eigenvalue weighted by molar-refractivity contribution is 5.80. The van der Waals surface area contributed by atoms with Crippen LogP contribution in [0.3, 0.4) is 0 Å². The van der Waals surface area contributed by atoms with Gasteiger partial charge < -0.3 is 14.5 Å². The summed E-state index contributed by atoms with van der Waals surface area (Å²) in [5.74, 6) is 0.982. The Hall–Kier alpha value is -3.28. The van der Waals surface area contributed by atoms with Crippen molar-refractivity contribution in [3.8, 4) is 16.9 Å². The Morgan fingerprint density at radius 2 is 1.70 bits per heavy atom. The number of para-hydroxylation sites is 1. The molecule has 2 aromatic carbocycles. The fourth-order valence-corrected chi connectivity index (χ4v) is 4.02. The first-order valence-corrected chi connectivity index (χ1v) is 10.3. The first-order chi connectivity index (χ1) is 14.5. The van der Waals surface area contributed by atoms with Crippen LogP contribution in [0.4, 0.5) is 5.69 Å². The molecule has 0 unspecified atom stereocenters. The topological polar surface area (TPSA) is 50.6 Å². The van der Waals surface area contributed by atoms with Crippen LogP contribution in [0.1, 0.15) is 11.4 Å². The van der Waals surface area contributed by atoms with Crippen molar-refractivity contribution in [1.82, 2.24) is 14.7 Å². The van der Waals surface area contributed by atoms with Crippen molar-refractivity contribution in [2.24, 2.45) is 0 Å². The highest BCUT2D eigenvalue weighted by Crippen LogP contribution is 2.32. The Morgan fingerprint density at radius 1 is 1.00 bits per heavy atom. The van der Waals surface area contributed by atoms with Crippen LogP contribution < -0.4 is 9.64 Å². The lowest BCUT2D eigenvalue weighted by molar-refractivity contribution is -0.132. The lowest BCUT2D eigenvalue weighted by atomic mass is 10.0. The van der Waals surface area contributed by atoms with E-state index in [9.17, 15) is 4.79 Å². The van der Waals surface area contributed by atoms with Crippen LogP contribution >= 0.6 is 0 Å². The first-order valence-electron chi connectivity index (χ1n) is 10.3. The number of hydrogen-bond acceptors (Lipinski definition) is 4. The van der Waals surface area contributed by atoms with Gasteiger partial charge in [-0.3, -0.25) is 9.48 Å². The largest absolute Gasteiger partial charge is 0.497 e. The Labute approximate surface area is 177 Å². The van der Waals surface area contributed by atoms with E-state index in [-0.39, 0.29) is 5.91 Å². The Balaban J connectivity index is 1.44. The summed E-state index contributed by atoms with van der Waals surface area (Å²) in [5.41, 5.74) is 5.53. The molecule has 0 aliphatic carbocycles. The maximum Gasteiger partial charge on any atom is 0.244 e. The Kier molecular flexibility index (Phi) is 5.74. The molecule has 1 saturated heterocycles. The molecule has 2 heterocycles. The molecule has 0 atom stereocenters. The summed E-state index contributed by atoms with van der Waals surface area (Å²) in [6.07, 6.45) is 0. The number of nitrogens with zero attached hydrogens (tertiary/aromatic N) is 4. The zero-order valence-electron chi connectivity index (χ0n) is 17.8. The van der Waals surface area contributed by atoms with E-state index < -0.39 is 0 Å². The average molecular weight is 405 g/mol. The monoisotopic (exact) mass is 404 g/mol. The van der Waals surface area contributed by atoms with Crippen LogP contribution in [0.5, 0.6) is 5.75 Å². The van der Waals surface area contributed by atoms with Crippen molar-refractivity contribution in [2.75, 3.05) is 38.2 Å². The lowest BCUT2D eigenvalue weighted by Gasteiger charge is -2.37. The van der Waals surface area contributed by atoms with Crippen molar-refractivity contribution in [3.05, 3.63) is 66.0 Å². The number of carbonyl (C=O) groups excluding carboxylic acids is 1. The molecule has 0 spiro atoms. The van der Waals surface area contributed by atoms with Gasteiger partial charge in [0, 0.05) is 43.1 Å². The minimum absolute atomic E-state index is 0.129. The normalized spacial score (nSPS) is 14.1. The van der Waals surface area contributed by atoms with Crippen LogP contribution in [0, 0.1) is 13.8 Å². The third-order valence-electron chi connectivity index (χ3n) is 5.67. The Bertz CT molecular complexity index is 1020. The third kappa shape index (κ3) is 4.17. The van der Waals surface area contributed by atoms with Gasteiger partial charge in [-0.15, -0.1) is 0 Å². The average Bonchev–Trinajstić information content (AvgIpc) is 3.10. The predicted octanol–water partition coefficient (Wildman–Crippen LogP) is 3.52. The number of rotatable bonds is 5. The maximum atomic E-state index is 12.8. The fraction of sp³-hybridized carbons (Fsp3) is 0.333. The number of piperazine rings is 1. The van der Waals surface area contributed by atoms with Gasteiger partial charge in [0.25, 0.3) is 0 Å². The van der Waals surface area contributed by atoms with E-state index in [1.807, 2.05) is 36.9 Å². The zero-order chi connectivity index (χ0) is 21.1. The number of amides is 1. The van der Waals surface area contributed by atoms with Crippen LogP contribution in [0.15, 0.2) is 54.6 Å². The summed E-state index contributed by atoms with van der Waals surface area (Å²) in [6, 6.07) is 18.6. The van der Waals surface area contributed by atoms with Crippen molar-refractivity contribution >= 4 is 11.6 Å². The highest BCUT2D eigenvalue weighted by atomic mass is 16.5. The molecule has 0 bridgehead atoms. The van der Waals surface area contributed by atoms with E-state index in [0.29, 0.717) is 6.54 Å². The summed E-state index contributed by atoms with van der Waals surface area (Å²) in [7, 11) is 1.68. The van der Waals surface area contributed by atoms with E-state index in [1.54, 1.807) is 11.8 Å². The fourth-order valence-electron chi connectivity index (χ4n) is 4.02. The van der Waals surface area contributed by atoms with Gasteiger partial charge >= 0.3 is 0 Å². The molecule has 156 valence electrons. The van der Waals surface area contributed by atoms with Gasteiger partial charge in [0.1, 0.15) is 12.3 Å². The van der Waals surface area contributed by atoms with Crippen molar-refractivity contribution in [2.45, 2.75) is 20.4 Å². The van der Waals surface area contributed by atoms with Crippen LogP contribution in [0.2, 0.25) is 0 Å². The minimum atomic E-state index is 0.129. The van der Waals surface area contributed by atoms with E-state index in [0.717, 1.165) is 48.9 Å². The number of ether oxygens (including phenoxy) is 1.